The van der Waals surface area contributed by atoms with Crippen molar-refractivity contribution in [3.8, 4) is 0 Å². The van der Waals surface area contributed by atoms with Gasteiger partial charge in [0.05, 0.1) is 6.10 Å². The van der Waals surface area contributed by atoms with Gasteiger partial charge in [0.1, 0.15) is 0 Å². The number of rotatable bonds is 10. The van der Waals surface area contributed by atoms with E-state index in [4.69, 9.17) is 0 Å². The minimum atomic E-state index is -0.172. The van der Waals surface area contributed by atoms with Gasteiger partial charge in [0.2, 0.25) is 0 Å². The number of aliphatic hydroxyl groups excluding tert-OH is 1. The second-order valence-electron chi connectivity index (χ2n) is 7.29. The number of unbranched alkanes of at least 4 members (excludes halogenated alkanes) is 6. The monoisotopic (exact) mass is 317 g/mol. The molecule has 1 aliphatic rings. The molecule has 1 heterocycles. The van der Waals surface area contributed by atoms with Crippen LogP contribution in [0.4, 0.5) is 0 Å². The van der Waals surface area contributed by atoms with Crippen molar-refractivity contribution in [2.75, 3.05) is 7.05 Å². The normalized spacial score (nSPS) is 25.1. The Kier molecular flexibility index (Phi) is 8.11. The third-order valence-corrected chi connectivity index (χ3v) is 5.49. The van der Waals surface area contributed by atoms with Crippen LogP contribution < -0.4 is 0 Å². The van der Waals surface area contributed by atoms with Crippen molar-refractivity contribution < 1.29 is 5.11 Å². The predicted octanol–water partition coefficient (Wildman–Crippen LogP) is 4.80. The molecular weight excluding hydrogens is 282 g/mol. The van der Waals surface area contributed by atoms with Gasteiger partial charge in [-0.15, -0.1) is 0 Å². The van der Waals surface area contributed by atoms with Gasteiger partial charge in [-0.3, -0.25) is 4.90 Å². The highest BCUT2D eigenvalue weighted by Gasteiger charge is 2.37. The van der Waals surface area contributed by atoms with Crippen LogP contribution in [0.2, 0.25) is 0 Å². The van der Waals surface area contributed by atoms with E-state index < -0.39 is 0 Å². The molecule has 1 saturated heterocycles. The summed E-state index contributed by atoms with van der Waals surface area (Å²) in [4.78, 5) is 2.44. The van der Waals surface area contributed by atoms with E-state index in [0.29, 0.717) is 6.04 Å². The highest BCUT2D eigenvalue weighted by Crippen LogP contribution is 2.29. The lowest BCUT2D eigenvalue weighted by molar-refractivity contribution is 0.123. The third kappa shape index (κ3) is 5.93. The Hall–Kier alpha value is -0.860. The van der Waals surface area contributed by atoms with Crippen LogP contribution in [0.15, 0.2) is 30.3 Å². The molecule has 1 aromatic carbocycles. The van der Waals surface area contributed by atoms with Gasteiger partial charge in [-0.1, -0.05) is 82.2 Å². The van der Waals surface area contributed by atoms with Crippen molar-refractivity contribution in [3.05, 3.63) is 35.9 Å². The highest BCUT2D eigenvalue weighted by molar-refractivity contribution is 5.17. The van der Waals surface area contributed by atoms with Crippen molar-refractivity contribution in [1.82, 2.24) is 4.90 Å². The molecule has 0 aliphatic carbocycles. The summed E-state index contributed by atoms with van der Waals surface area (Å²) >= 11 is 0. The topological polar surface area (TPSA) is 23.5 Å². The van der Waals surface area contributed by atoms with Gasteiger partial charge < -0.3 is 5.11 Å². The molecule has 0 radical (unpaired) electrons. The molecule has 130 valence electrons. The van der Waals surface area contributed by atoms with E-state index in [2.05, 4.69) is 49.2 Å². The molecule has 1 aliphatic heterocycles. The summed E-state index contributed by atoms with van der Waals surface area (Å²) < 4.78 is 0. The summed E-state index contributed by atoms with van der Waals surface area (Å²) in [6.45, 7) is 2.27. The largest absolute Gasteiger partial charge is 0.391 e. The minimum Gasteiger partial charge on any atom is -0.391 e. The molecule has 0 amide bonds. The molecule has 0 bridgehead atoms. The second kappa shape index (κ2) is 10.1. The first-order chi connectivity index (χ1) is 11.2. The lowest BCUT2D eigenvalue weighted by atomic mass is 10.0. The SMILES string of the molecule is CCCCCCCCCC1C[C@H](O)[C@H](Cc2ccccc2)N1C. The summed E-state index contributed by atoms with van der Waals surface area (Å²) in [5.41, 5.74) is 1.33. The lowest BCUT2D eigenvalue weighted by Crippen LogP contribution is -2.37. The van der Waals surface area contributed by atoms with Gasteiger partial charge in [-0.05, 0) is 31.9 Å². The summed E-state index contributed by atoms with van der Waals surface area (Å²) in [6.07, 6.45) is 12.5. The van der Waals surface area contributed by atoms with Crippen LogP contribution in [-0.4, -0.2) is 35.2 Å². The molecule has 23 heavy (non-hydrogen) atoms. The molecule has 0 aromatic heterocycles. The molecule has 3 atom stereocenters. The Morgan fingerprint density at radius 2 is 1.65 bits per heavy atom. The van der Waals surface area contributed by atoms with E-state index in [1.165, 1.54) is 56.9 Å². The van der Waals surface area contributed by atoms with E-state index in [0.717, 1.165) is 12.8 Å². The van der Waals surface area contributed by atoms with Gasteiger partial charge in [-0.2, -0.15) is 0 Å². The van der Waals surface area contributed by atoms with Gasteiger partial charge in [0, 0.05) is 12.1 Å². The maximum Gasteiger partial charge on any atom is 0.0713 e. The maximum absolute atomic E-state index is 10.4. The van der Waals surface area contributed by atoms with Crippen LogP contribution in [0, 0.1) is 0 Å². The number of aliphatic hydroxyl groups is 1. The molecule has 1 fully saturated rings. The Morgan fingerprint density at radius 1 is 1.00 bits per heavy atom. The number of likely N-dealkylation sites (N-methyl/N-ethyl adjacent to an activating group) is 1. The average molecular weight is 318 g/mol. The Labute approximate surface area is 142 Å². The zero-order valence-corrected chi connectivity index (χ0v) is 15.1. The highest BCUT2D eigenvalue weighted by atomic mass is 16.3. The first kappa shape index (κ1) is 18.5. The maximum atomic E-state index is 10.4. The van der Waals surface area contributed by atoms with E-state index in [9.17, 15) is 5.11 Å². The summed E-state index contributed by atoms with van der Waals surface area (Å²) in [5, 5.41) is 10.4. The van der Waals surface area contributed by atoms with Crippen molar-refractivity contribution in [2.24, 2.45) is 0 Å². The summed E-state index contributed by atoms with van der Waals surface area (Å²) in [6, 6.07) is 11.4. The number of hydrogen-bond donors (Lipinski definition) is 1. The molecule has 1 unspecified atom stereocenters. The lowest BCUT2D eigenvalue weighted by Gasteiger charge is -2.26. The van der Waals surface area contributed by atoms with Crippen molar-refractivity contribution in [1.29, 1.82) is 0 Å². The van der Waals surface area contributed by atoms with E-state index in [-0.39, 0.29) is 12.1 Å². The fourth-order valence-electron chi connectivity index (χ4n) is 3.94. The first-order valence-corrected chi connectivity index (χ1v) is 9.66. The van der Waals surface area contributed by atoms with Crippen LogP contribution in [0.1, 0.15) is 70.3 Å². The van der Waals surface area contributed by atoms with Crippen molar-refractivity contribution in [3.63, 3.8) is 0 Å². The van der Waals surface area contributed by atoms with Gasteiger partial charge >= 0.3 is 0 Å². The number of hydrogen-bond acceptors (Lipinski definition) is 2. The van der Waals surface area contributed by atoms with Crippen LogP contribution in [0.3, 0.4) is 0 Å². The van der Waals surface area contributed by atoms with Crippen molar-refractivity contribution >= 4 is 0 Å². The molecule has 1 aromatic rings. The summed E-state index contributed by atoms with van der Waals surface area (Å²) in [7, 11) is 2.20. The van der Waals surface area contributed by atoms with Gasteiger partial charge in [-0.25, -0.2) is 0 Å². The number of benzene rings is 1. The molecular formula is C21H35NO. The molecule has 2 nitrogen and oxygen atoms in total. The summed E-state index contributed by atoms with van der Waals surface area (Å²) in [5.74, 6) is 0. The van der Waals surface area contributed by atoms with E-state index >= 15 is 0 Å². The smallest absolute Gasteiger partial charge is 0.0713 e. The Morgan fingerprint density at radius 3 is 2.35 bits per heavy atom. The molecule has 1 N–H and O–H groups in total. The molecule has 0 saturated carbocycles. The van der Waals surface area contributed by atoms with Crippen LogP contribution in [0.25, 0.3) is 0 Å². The van der Waals surface area contributed by atoms with Gasteiger partial charge in [0.15, 0.2) is 0 Å². The Bertz CT molecular complexity index is 419. The van der Waals surface area contributed by atoms with Crippen LogP contribution in [0.5, 0.6) is 0 Å². The first-order valence-electron chi connectivity index (χ1n) is 9.66. The zero-order valence-electron chi connectivity index (χ0n) is 15.1. The standard InChI is InChI=1S/C21H35NO/c1-3-4-5-6-7-8-12-15-19-17-21(23)20(22(19)2)16-18-13-10-9-11-14-18/h9-11,13-14,19-21,23H,3-8,12,15-17H2,1-2H3/t19?,20-,21-/m0/s1. The third-order valence-electron chi connectivity index (χ3n) is 5.49. The van der Waals surface area contributed by atoms with Crippen LogP contribution >= 0.6 is 0 Å². The Balaban J connectivity index is 1.69. The average Bonchev–Trinajstić information content (AvgIpc) is 2.83. The molecule has 0 spiro atoms. The number of likely N-dealkylation sites (tertiary alicyclic amines) is 1. The number of nitrogens with zero attached hydrogens (tertiary/aromatic N) is 1. The second-order valence-corrected chi connectivity index (χ2v) is 7.29. The fourth-order valence-corrected chi connectivity index (χ4v) is 3.94. The zero-order chi connectivity index (χ0) is 16.5. The van der Waals surface area contributed by atoms with Crippen molar-refractivity contribution in [2.45, 2.75) is 89.3 Å². The van der Waals surface area contributed by atoms with E-state index in [1.54, 1.807) is 0 Å². The molecule has 2 heteroatoms. The minimum absolute atomic E-state index is 0.172. The van der Waals surface area contributed by atoms with E-state index in [1.807, 2.05) is 0 Å². The molecule has 2 rings (SSSR count). The van der Waals surface area contributed by atoms with Crippen LogP contribution in [-0.2, 0) is 6.42 Å². The van der Waals surface area contributed by atoms with Gasteiger partial charge in [0.25, 0.3) is 0 Å². The predicted molar refractivity (Wildman–Crippen MR) is 98.7 cm³/mol. The quantitative estimate of drug-likeness (QED) is 0.626. The fraction of sp³-hybridized carbons (Fsp3) is 0.714.